The first-order chi connectivity index (χ1) is 8.80. The van der Waals surface area contributed by atoms with Gasteiger partial charge in [0.1, 0.15) is 0 Å². The fourth-order valence-corrected chi connectivity index (χ4v) is 6.90. The minimum absolute atomic E-state index is 0.461. The predicted molar refractivity (Wildman–Crippen MR) is 72.4 cm³/mol. The van der Waals surface area contributed by atoms with E-state index < -0.39 is 8.80 Å². The van der Waals surface area contributed by atoms with Gasteiger partial charge in [0, 0.05) is 6.04 Å². The lowest BCUT2D eigenvalue weighted by Gasteiger charge is -2.53. The summed E-state index contributed by atoms with van der Waals surface area (Å²) in [6.45, 7) is 2.26. The Hall–Kier alpha value is 0.0969. The normalized spacial score (nSPS) is 41.5. The van der Waals surface area contributed by atoms with Crippen LogP contribution in [0.5, 0.6) is 0 Å². The summed E-state index contributed by atoms with van der Waals surface area (Å²) in [6.07, 6.45) is 12.7. The average molecular weight is 270 g/mol. The van der Waals surface area contributed by atoms with Crippen molar-refractivity contribution in [3.63, 3.8) is 0 Å². The lowest BCUT2D eigenvalue weighted by atomic mass is 9.93. The zero-order valence-electron chi connectivity index (χ0n) is 11.5. The van der Waals surface area contributed by atoms with Gasteiger partial charge < -0.3 is 13.3 Å². The van der Waals surface area contributed by atoms with E-state index in [9.17, 15) is 0 Å². The molecule has 4 fully saturated rings. The molecule has 0 atom stereocenters. The standard InChI is InChI=1S/C14H26O3Si/c1-2-3-4-5-6-7-8-18-15-12-9-13(16-18)11-14(10-12)17-18/h12-14H,2-11H2,1H3. The molecule has 4 rings (SSSR count). The molecule has 0 radical (unpaired) electrons. The zero-order chi connectivity index (χ0) is 12.4. The summed E-state index contributed by atoms with van der Waals surface area (Å²) in [5, 5.41) is 0. The molecule has 1 aliphatic carbocycles. The molecule has 0 N–H and O–H groups in total. The molecule has 4 bridgehead atoms. The number of rotatable bonds is 7. The van der Waals surface area contributed by atoms with Crippen LogP contribution in [-0.2, 0) is 13.3 Å². The molecule has 1 saturated carbocycles. The Morgan fingerprint density at radius 2 is 1.28 bits per heavy atom. The third kappa shape index (κ3) is 2.82. The van der Waals surface area contributed by atoms with Crippen LogP contribution in [0.2, 0.25) is 6.04 Å². The number of hydrogen-bond donors (Lipinski definition) is 0. The van der Waals surface area contributed by atoms with Gasteiger partial charge in [-0.3, -0.25) is 0 Å². The molecule has 18 heavy (non-hydrogen) atoms. The largest absolute Gasteiger partial charge is 0.501 e. The second kappa shape index (κ2) is 5.61. The van der Waals surface area contributed by atoms with Crippen LogP contribution in [0.1, 0.15) is 64.7 Å². The van der Waals surface area contributed by atoms with Crippen LogP contribution in [0.25, 0.3) is 0 Å². The fourth-order valence-electron chi connectivity index (χ4n) is 3.60. The summed E-state index contributed by atoms with van der Waals surface area (Å²) in [4.78, 5) is 0. The van der Waals surface area contributed by atoms with Crippen molar-refractivity contribution < 1.29 is 13.3 Å². The molecule has 4 heteroatoms. The topological polar surface area (TPSA) is 27.7 Å². The van der Waals surface area contributed by atoms with E-state index in [4.69, 9.17) is 13.3 Å². The molecular formula is C14H26O3Si. The fraction of sp³-hybridized carbons (Fsp3) is 1.00. The van der Waals surface area contributed by atoms with E-state index >= 15 is 0 Å². The second-order valence-corrected chi connectivity index (χ2v) is 8.70. The highest BCUT2D eigenvalue weighted by molar-refractivity contribution is 6.61. The predicted octanol–water partition coefficient (Wildman–Crippen LogP) is 3.65. The van der Waals surface area contributed by atoms with Crippen LogP contribution in [0.3, 0.4) is 0 Å². The molecule has 0 aromatic rings. The maximum absolute atomic E-state index is 6.13. The molecule has 0 unspecified atom stereocenters. The van der Waals surface area contributed by atoms with Gasteiger partial charge in [0.2, 0.25) is 0 Å². The summed E-state index contributed by atoms with van der Waals surface area (Å²) in [5.74, 6) is 0. The molecule has 3 saturated heterocycles. The zero-order valence-corrected chi connectivity index (χ0v) is 12.5. The number of hydrogen-bond acceptors (Lipinski definition) is 3. The Kier molecular flexibility index (Phi) is 4.08. The SMILES string of the molecule is CCCCCCCC[Si]12OC3CC(CC(C3)O1)O2. The third-order valence-corrected chi connectivity index (χ3v) is 7.50. The Bertz CT molecular complexity index is 247. The highest BCUT2D eigenvalue weighted by atomic mass is 28.4. The van der Waals surface area contributed by atoms with Crippen LogP contribution >= 0.6 is 0 Å². The Morgan fingerprint density at radius 1 is 0.778 bits per heavy atom. The highest BCUT2D eigenvalue weighted by Gasteiger charge is 2.58. The van der Waals surface area contributed by atoms with Gasteiger partial charge in [-0.25, -0.2) is 0 Å². The Morgan fingerprint density at radius 3 is 1.83 bits per heavy atom. The molecule has 0 amide bonds. The smallest absolute Gasteiger partial charge is 0.370 e. The Balaban J connectivity index is 1.42. The minimum atomic E-state index is -2.21. The van der Waals surface area contributed by atoms with Gasteiger partial charge in [-0.15, -0.1) is 0 Å². The van der Waals surface area contributed by atoms with Gasteiger partial charge in [-0.1, -0.05) is 39.0 Å². The third-order valence-electron chi connectivity index (χ3n) is 4.45. The first kappa shape index (κ1) is 13.1. The summed E-state index contributed by atoms with van der Waals surface area (Å²) in [5.41, 5.74) is 0. The summed E-state index contributed by atoms with van der Waals surface area (Å²) < 4.78 is 18.4. The quantitative estimate of drug-likeness (QED) is 0.522. The maximum atomic E-state index is 6.13. The minimum Gasteiger partial charge on any atom is -0.370 e. The number of unbranched alkanes of at least 4 members (excludes halogenated alkanes) is 5. The summed E-state index contributed by atoms with van der Waals surface area (Å²) in [7, 11) is -2.21. The molecule has 0 aromatic heterocycles. The van der Waals surface area contributed by atoms with Crippen molar-refractivity contribution in [1.29, 1.82) is 0 Å². The van der Waals surface area contributed by atoms with Gasteiger partial charge >= 0.3 is 8.80 Å². The first-order valence-corrected chi connectivity index (χ1v) is 9.76. The molecule has 3 aliphatic heterocycles. The average Bonchev–Trinajstić information content (AvgIpc) is 2.32. The van der Waals surface area contributed by atoms with E-state index in [1.54, 1.807) is 0 Å². The molecule has 3 nitrogen and oxygen atoms in total. The van der Waals surface area contributed by atoms with Crippen LogP contribution in [0.4, 0.5) is 0 Å². The lowest BCUT2D eigenvalue weighted by Crippen LogP contribution is -2.65. The van der Waals surface area contributed by atoms with Crippen molar-refractivity contribution in [2.75, 3.05) is 0 Å². The summed E-state index contributed by atoms with van der Waals surface area (Å²) >= 11 is 0. The first-order valence-electron chi connectivity index (χ1n) is 7.83. The molecule has 4 aliphatic rings. The van der Waals surface area contributed by atoms with Crippen LogP contribution in [0, 0.1) is 0 Å². The van der Waals surface area contributed by atoms with Crippen molar-refractivity contribution in [2.24, 2.45) is 0 Å². The molecule has 3 heterocycles. The second-order valence-electron chi connectivity index (χ2n) is 6.13. The molecule has 104 valence electrons. The van der Waals surface area contributed by atoms with E-state index in [1.807, 2.05) is 0 Å². The van der Waals surface area contributed by atoms with E-state index in [1.165, 1.54) is 38.5 Å². The van der Waals surface area contributed by atoms with E-state index in [0.717, 1.165) is 25.3 Å². The van der Waals surface area contributed by atoms with Gasteiger partial charge in [0.25, 0.3) is 0 Å². The monoisotopic (exact) mass is 270 g/mol. The van der Waals surface area contributed by atoms with E-state index in [0.29, 0.717) is 18.3 Å². The van der Waals surface area contributed by atoms with Gasteiger partial charge in [-0.2, -0.15) is 0 Å². The lowest BCUT2D eigenvalue weighted by molar-refractivity contribution is -0.169. The van der Waals surface area contributed by atoms with Crippen molar-refractivity contribution in [3.05, 3.63) is 0 Å². The molecular weight excluding hydrogens is 244 g/mol. The maximum Gasteiger partial charge on any atom is 0.501 e. The van der Waals surface area contributed by atoms with E-state index in [2.05, 4.69) is 6.92 Å². The van der Waals surface area contributed by atoms with Crippen LogP contribution < -0.4 is 0 Å². The van der Waals surface area contributed by atoms with Crippen molar-refractivity contribution >= 4 is 8.80 Å². The Labute approximate surface area is 112 Å². The van der Waals surface area contributed by atoms with Gasteiger partial charge in [0.05, 0.1) is 18.3 Å². The van der Waals surface area contributed by atoms with Crippen LogP contribution in [-0.4, -0.2) is 27.1 Å². The van der Waals surface area contributed by atoms with Gasteiger partial charge in [0.15, 0.2) is 0 Å². The van der Waals surface area contributed by atoms with Crippen molar-refractivity contribution in [1.82, 2.24) is 0 Å². The molecule has 0 aromatic carbocycles. The summed E-state index contributed by atoms with van der Waals surface area (Å²) in [6, 6.07) is 1.06. The van der Waals surface area contributed by atoms with Crippen LogP contribution in [0.15, 0.2) is 0 Å². The highest BCUT2D eigenvalue weighted by Crippen LogP contribution is 2.44. The molecule has 0 spiro atoms. The van der Waals surface area contributed by atoms with Crippen molar-refractivity contribution in [3.8, 4) is 0 Å². The van der Waals surface area contributed by atoms with Crippen molar-refractivity contribution in [2.45, 2.75) is 89.1 Å². The van der Waals surface area contributed by atoms with Gasteiger partial charge in [-0.05, 0) is 25.7 Å². The van der Waals surface area contributed by atoms with E-state index in [-0.39, 0.29) is 0 Å².